The van der Waals surface area contributed by atoms with Crippen LogP contribution in [0.3, 0.4) is 0 Å². The van der Waals surface area contributed by atoms with Crippen molar-refractivity contribution in [3.63, 3.8) is 0 Å². The second-order valence-corrected chi connectivity index (χ2v) is 7.24. The van der Waals surface area contributed by atoms with Crippen molar-refractivity contribution >= 4 is 17.4 Å². The molecule has 20 heavy (non-hydrogen) atoms. The molecule has 0 saturated heterocycles. The average molecular weight is 305 g/mol. The van der Waals surface area contributed by atoms with Crippen molar-refractivity contribution in [1.29, 1.82) is 0 Å². The molecule has 0 aliphatic rings. The summed E-state index contributed by atoms with van der Waals surface area (Å²) in [5.41, 5.74) is -0.123. The molecule has 0 amide bonds. The summed E-state index contributed by atoms with van der Waals surface area (Å²) in [6.45, 7) is 13.8. The summed E-state index contributed by atoms with van der Waals surface area (Å²) < 4.78 is 0. The van der Waals surface area contributed by atoms with Gasteiger partial charge in [-0.15, -0.1) is 0 Å². The van der Waals surface area contributed by atoms with Gasteiger partial charge in [0, 0.05) is 6.42 Å². The Kier molecular flexibility index (Phi) is 12.3. The molecule has 0 N–H and O–H groups in total. The van der Waals surface area contributed by atoms with E-state index in [-0.39, 0.29) is 5.54 Å². The van der Waals surface area contributed by atoms with Gasteiger partial charge in [-0.05, 0) is 53.9 Å². The Hall–Kier alpha value is -0.440. The number of ketones is 1. The summed E-state index contributed by atoms with van der Waals surface area (Å²) in [6, 6.07) is 0. The fourth-order valence-corrected chi connectivity index (χ4v) is 1.40. The third-order valence-corrected chi connectivity index (χ3v) is 2.69. The van der Waals surface area contributed by atoms with Crippen molar-refractivity contribution < 1.29 is 4.79 Å². The molecule has 0 radical (unpaired) electrons. The topological polar surface area (TPSA) is 41.8 Å². The monoisotopic (exact) mass is 304 g/mol. The van der Waals surface area contributed by atoms with Gasteiger partial charge in [-0.3, -0.25) is 0 Å². The van der Waals surface area contributed by atoms with Crippen LogP contribution in [0.1, 0.15) is 87.0 Å². The van der Waals surface area contributed by atoms with Crippen LogP contribution in [-0.4, -0.2) is 16.3 Å². The molecule has 4 heteroatoms. The van der Waals surface area contributed by atoms with Gasteiger partial charge in [0.2, 0.25) is 0 Å². The van der Waals surface area contributed by atoms with Gasteiger partial charge in [-0.1, -0.05) is 38.3 Å². The lowest BCUT2D eigenvalue weighted by Gasteiger charge is -2.18. The molecule has 0 saturated carbocycles. The zero-order valence-corrected chi connectivity index (χ0v) is 15.2. The third kappa shape index (κ3) is 19.9. The second kappa shape index (κ2) is 11.2. The molecule has 0 fully saturated rings. The van der Waals surface area contributed by atoms with E-state index >= 15 is 0 Å². The molecule has 3 nitrogen and oxygen atoms in total. The molecule has 0 spiro atoms. The number of azo groups is 1. The Labute approximate surface area is 130 Å². The molecule has 0 aliphatic heterocycles. The molecular formula is C16H33ClN2O. The molecule has 1 unspecified atom stereocenters. The highest BCUT2D eigenvalue weighted by Crippen LogP contribution is 2.25. The fourth-order valence-electron chi connectivity index (χ4n) is 1.23. The first-order valence-corrected chi connectivity index (χ1v) is 8.04. The van der Waals surface area contributed by atoms with Gasteiger partial charge in [-0.2, -0.15) is 10.2 Å². The predicted octanol–water partition coefficient (Wildman–Crippen LogP) is 6.15. The molecule has 120 valence electrons. The molecule has 0 aromatic rings. The van der Waals surface area contributed by atoms with E-state index in [9.17, 15) is 4.79 Å². The highest BCUT2D eigenvalue weighted by molar-refractivity contribution is 6.23. The molecule has 0 heterocycles. The molecule has 0 aliphatic carbocycles. The number of hydrogen-bond donors (Lipinski definition) is 0. The lowest BCUT2D eigenvalue weighted by Crippen LogP contribution is -2.15. The van der Waals surface area contributed by atoms with Gasteiger partial charge in [0.1, 0.15) is 5.78 Å². The van der Waals surface area contributed by atoms with Crippen LogP contribution < -0.4 is 0 Å². The molecule has 0 bridgehead atoms. The third-order valence-electron chi connectivity index (χ3n) is 2.43. The van der Waals surface area contributed by atoms with E-state index in [1.807, 2.05) is 27.7 Å². The maximum absolute atomic E-state index is 10.2. The Balaban J connectivity index is 0. The minimum absolute atomic E-state index is 0.123. The fraction of sp³-hybridized carbons (Fsp3) is 0.938. The van der Waals surface area contributed by atoms with Crippen LogP contribution in [-0.2, 0) is 4.79 Å². The van der Waals surface area contributed by atoms with Crippen LogP contribution in [0, 0.1) is 0 Å². The first-order chi connectivity index (χ1) is 9.04. The van der Waals surface area contributed by atoms with Gasteiger partial charge in [0.15, 0.2) is 5.00 Å². The largest absolute Gasteiger partial charge is 0.300 e. The SMILES string of the molecule is CCCCC(C)(Cl)N=NC(C)(C)C.CCCCC(C)=O. The van der Waals surface area contributed by atoms with E-state index in [1.165, 1.54) is 0 Å². The predicted molar refractivity (Wildman–Crippen MR) is 88.6 cm³/mol. The first kappa shape index (κ1) is 21.9. The van der Waals surface area contributed by atoms with Crippen molar-refractivity contribution in [2.75, 3.05) is 0 Å². The molecular weight excluding hydrogens is 272 g/mol. The second-order valence-electron chi connectivity index (χ2n) is 6.42. The van der Waals surface area contributed by atoms with Crippen molar-refractivity contribution in [3.8, 4) is 0 Å². The Morgan fingerprint density at radius 2 is 1.50 bits per heavy atom. The van der Waals surface area contributed by atoms with Crippen LogP contribution in [0.25, 0.3) is 0 Å². The van der Waals surface area contributed by atoms with Crippen LogP contribution in [0.4, 0.5) is 0 Å². The summed E-state index contributed by atoms with van der Waals surface area (Å²) in [5, 5.41) is 8.33. The lowest BCUT2D eigenvalue weighted by atomic mass is 10.1. The summed E-state index contributed by atoms with van der Waals surface area (Å²) in [6.07, 6.45) is 6.08. The lowest BCUT2D eigenvalue weighted by molar-refractivity contribution is -0.117. The number of carbonyl (C=O) groups is 1. The number of alkyl halides is 1. The molecule has 0 rings (SSSR count). The van der Waals surface area contributed by atoms with Crippen molar-refractivity contribution in [2.24, 2.45) is 10.2 Å². The Bertz CT molecular complexity index is 281. The van der Waals surface area contributed by atoms with Gasteiger partial charge >= 0.3 is 0 Å². The van der Waals surface area contributed by atoms with Crippen molar-refractivity contribution in [1.82, 2.24) is 0 Å². The standard InChI is InChI=1S/C10H21ClN2.C6H12O/c1-6-7-8-10(5,11)13-12-9(2,3)4;1-3-4-5-6(2)7/h6-8H2,1-5H3;3-5H2,1-2H3. The number of nitrogens with zero attached hydrogens (tertiary/aromatic N) is 2. The smallest absolute Gasteiger partial charge is 0.151 e. The van der Waals surface area contributed by atoms with Gasteiger partial charge in [-0.25, -0.2) is 0 Å². The summed E-state index contributed by atoms with van der Waals surface area (Å²) in [4.78, 5) is 9.69. The van der Waals surface area contributed by atoms with E-state index < -0.39 is 5.00 Å². The van der Waals surface area contributed by atoms with Crippen molar-refractivity contribution in [2.45, 2.75) is 97.5 Å². The highest BCUT2D eigenvalue weighted by Gasteiger charge is 2.20. The Morgan fingerprint density at radius 3 is 1.80 bits per heavy atom. The number of hydrogen-bond acceptors (Lipinski definition) is 3. The summed E-state index contributed by atoms with van der Waals surface area (Å²) in [7, 11) is 0. The minimum Gasteiger partial charge on any atom is -0.300 e. The molecule has 0 aromatic carbocycles. The van der Waals surface area contributed by atoms with E-state index in [2.05, 4.69) is 24.1 Å². The van der Waals surface area contributed by atoms with E-state index in [4.69, 9.17) is 11.6 Å². The number of halogens is 1. The number of rotatable bonds is 7. The molecule has 1 atom stereocenters. The normalized spacial score (nSPS) is 14.6. The van der Waals surface area contributed by atoms with Crippen LogP contribution in [0.15, 0.2) is 10.2 Å². The van der Waals surface area contributed by atoms with Gasteiger partial charge < -0.3 is 4.79 Å². The maximum atomic E-state index is 10.2. The van der Waals surface area contributed by atoms with E-state index in [0.29, 0.717) is 5.78 Å². The first-order valence-electron chi connectivity index (χ1n) is 7.66. The zero-order chi connectivity index (χ0) is 16.2. The van der Waals surface area contributed by atoms with Gasteiger partial charge in [0.05, 0.1) is 5.54 Å². The highest BCUT2D eigenvalue weighted by atomic mass is 35.5. The summed E-state index contributed by atoms with van der Waals surface area (Å²) >= 11 is 6.16. The quantitative estimate of drug-likeness (QED) is 0.316. The number of carbonyl (C=O) groups excluding carboxylic acids is 1. The van der Waals surface area contributed by atoms with Crippen LogP contribution in [0.5, 0.6) is 0 Å². The number of unbranched alkanes of at least 4 members (excludes halogenated alkanes) is 2. The average Bonchev–Trinajstić information content (AvgIpc) is 2.32. The van der Waals surface area contributed by atoms with Crippen molar-refractivity contribution in [3.05, 3.63) is 0 Å². The number of Topliss-reactive ketones (excluding diaryl/α,β-unsaturated/α-hetero) is 1. The van der Waals surface area contributed by atoms with Crippen LogP contribution in [0.2, 0.25) is 0 Å². The van der Waals surface area contributed by atoms with E-state index in [1.54, 1.807) is 6.92 Å². The van der Waals surface area contributed by atoms with Gasteiger partial charge in [0.25, 0.3) is 0 Å². The van der Waals surface area contributed by atoms with Crippen LogP contribution >= 0.6 is 11.6 Å². The van der Waals surface area contributed by atoms with E-state index in [0.717, 1.165) is 38.5 Å². The summed E-state index contributed by atoms with van der Waals surface area (Å²) in [5.74, 6) is 0.307. The maximum Gasteiger partial charge on any atom is 0.151 e. The minimum atomic E-state index is -0.511. The molecule has 0 aromatic heterocycles. The Morgan fingerprint density at radius 1 is 1.00 bits per heavy atom. The zero-order valence-electron chi connectivity index (χ0n) is 14.4.